The van der Waals surface area contributed by atoms with E-state index in [0.717, 1.165) is 11.1 Å². The highest BCUT2D eigenvalue weighted by molar-refractivity contribution is 5.77. The minimum Gasteiger partial charge on any atom is -0.362 e. The van der Waals surface area contributed by atoms with Crippen LogP contribution in [-0.2, 0) is 22.6 Å². The number of ether oxygens (including phenoxy) is 1. The van der Waals surface area contributed by atoms with Crippen molar-refractivity contribution in [2.24, 2.45) is 5.73 Å². The van der Waals surface area contributed by atoms with Crippen molar-refractivity contribution in [3.8, 4) is 0 Å². The molecule has 1 amide bonds. The monoisotopic (exact) mass is 276 g/mol. The number of nitrogens with two attached hydrogens (primary N) is 1. The summed E-state index contributed by atoms with van der Waals surface area (Å²) in [6, 6.07) is 7.22. The molecule has 0 spiro atoms. The normalized spacial score (nSPS) is 11.4. The molecule has 106 valence electrons. The van der Waals surface area contributed by atoms with E-state index in [-0.39, 0.29) is 6.54 Å². The van der Waals surface area contributed by atoms with Crippen LogP contribution in [0.3, 0.4) is 0 Å². The molecule has 7 heteroatoms. The number of carbonyl (C=O) groups is 1. The fraction of sp³-hybridized carbons (Fsp3) is 0.417. The van der Waals surface area contributed by atoms with Crippen molar-refractivity contribution < 1.29 is 22.7 Å². The van der Waals surface area contributed by atoms with Crippen LogP contribution in [0.5, 0.6) is 0 Å². The molecule has 0 aliphatic rings. The molecule has 0 aliphatic carbocycles. The van der Waals surface area contributed by atoms with Gasteiger partial charge in [-0.2, -0.15) is 13.2 Å². The Labute approximate surface area is 108 Å². The van der Waals surface area contributed by atoms with E-state index in [0.29, 0.717) is 6.54 Å². The topological polar surface area (TPSA) is 64.3 Å². The molecule has 19 heavy (non-hydrogen) atoms. The van der Waals surface area contributed by atoms with Crippen LogP contribution >= 0.6 is 0 Å². The van der Waals surface area contributed by atoms with Crippen LogP contribution in [0.15, 0.2) is 24.3 Å². The van der Waals surface area contributed by atoms with Gasteiger partial charge in [0.15, 0.2) is 0 Å². The fourth-order valence-corrected chi connectivity index (χ4v) is 1.43. The third-order valence-electron chi connectivity index (χ3n) is 2.31. The van der Waals surface area contributed by atoms with E-state index < -0.39 is 25.3 Å². The van der Waals surface area contributed by atoms with E-state index >= 15 is 0 Å². The number of hydrogen-bond acceptors (Lipinski definition) is 3. The molecule has 0 fully saturated rings. The summed E-state index contributed by atoms with van der Waals surface area (Å²) in [6.45, 7) is -1.51. The lowest BCUT2D eigenvalue weighted by atomic mass is 10.1. The van der Waals surface area contributed by atoms with Gasteiger partial charge in [-0.1, -0.05) is 24.3 Å². The average molecular weight is 276 g/mol. The highest BCUT2D eigenvalue weighted by Crippen LogP contribution is 2.14. The second kappa shape index (κ2) is 7.10. The third-order valence-corrected chi connectivity index (χ3v) is 2.31. The quantitative estimate of drug-likeness (QED) is 0.824. The predicted molar refractivity (Wildman–Crippen MR) is 63.1 cm³/mol. The molecule has 3 N–H and O–H groups in total. The largest absolute Gasteiger partial charge is 0.411 e. The summed E-state index contributed by atoms with van der Waals surface area (Å²) in [5, 5.41) is 2.47. The molecule has 1 aromatic carbocycles. The maximum atomic E-state index is 11.8. The maximum Gasteiger partial charge on any atom is 0.411 e. The number of carbonyl (C=O) groups excluding carboxylic acids is 1. The Morgan fingerprint density at radius 1 is 1.26 bits per heavy atom. The Kier molecular flexibility index (Phi) is 5.78. The van der Waals surface area contributed by atoms with Gasteiger partial charge in [-0.05, 0) is 11.1 Å². The van der Waals surface area contributed by atoms with Gasteiger partial charge in [0, 0.05) is 13.1 Å². The minimum atomic E-state index is -4.42. The first-order chi connectivity index (χ1) is 8.92. The minimum absolute atomic E-state index is 0.210. The van der Waals surface area contributed by atoms with Crippen molar-refractivity contribution in [1.29, 1.82) is 0 Å². The second-order valence-electron chi connectivity index (χ2n) is 3.86. The summed E-state index contributed by atoms with van der Waals surface area (Å²) in [6.07, 6.45) is -4.42. The van der Waals surface area contributed by atoms with Gasteiger partial charge in [0.05, 0.1) is 0 Å². The molecule has 4 nitrogen and oxygen atoms in total. The highest BCUT2D eigenvalue weighted by Gasteiger charge is 2.27. The van der Waals surface area contributed by atoms with Gasteiger partial charge in [0.1, 0.15) is 13.2 Å². The van der Waals surface area contributed by atoms with E-state index in [1.54, 1.807) is 12.1 Å². The van der Waals surface area contributed by atoms with Crippen LogP contribution in [0.25, 0.3) is 0 Å². The summed E-state index contributed by atoms with van der Waals surface area (Å²) in [4.78, 5) is 11.3. The molecule has 0 aromatic heterocycles. The smallest absolute Gasteiger partial charge is 0.362 e. The van der Waals surface area contributed by atoms with Gasteiger partial charge in [-0.15, -0.1) is 0 Å². The third kappa shape index (κ3) is 6.21. The first-order valence-corrected chi connectivity index (χ1v) is 5.60. The summed E-state index contributed by atoms with van der Waals surface area (Å²) in [5.74, 6) is -0.601. The van der Waals surface area contributed by atoms with Gasteiger partial charge in [-0.3, -0.25) is 4.79 Å². The first-order valence-electron chi connectivity index (χ1n) is 5.60. The number of halogens is 3. The fourth-order valence-electron chi connectivity index (χ4n) is 1.43. The van der Waals surface area contributed by atoms with Crippen molar-refractivity contribution in [3.05, 3.63) is 35.4 Å². The summed E-state index contributed by atoms with van der Waals surface area (Å²) in [7, 11) is 0. The molecule has 0 saturated carbocycles. The Morgan fingerprint density at radius 2 is 1.89 bits per heavy atom. The molecule has 0 aliphatic heterocycles. The van der Waals surface area contributed by atoms with E-state index in [9.17, 15) is 18.0 Å². The van der Waals surface area contributed by atoms with Crippen LogP contribution in [0.1, 0.15) is 11.1 Å². The van der Waals surface area contributed by atoms with E-state index in [4.69, 9.17) is 5.73 Å². The van der Waals surface area contributed by atoms with Gasteiger partial charge in [0.25, 0.3) is 0 Å². The highest BCUT2D eigenvalue weighted by atomic mass is 19.4. The number of alkyl halides is 3. The zero-order valence-electron chi connectivity index (χ0n) is 10.2. The van der Waals surface area contributed by atoms with Crippen molar-refractivity contribution >= 4 is 5.91 Å². The molecule has 0 unspecified atom stereocenters. The number of rotatable bonds is 6. The van der Waals surface area contributed by atoms with Crippen molar-refractivity contribution in [3.63, 3.8) is 0 Å². The second-order valence-corrected chi connectivity index (χ2v) is 3.86. The number of hydrogen-bond donors (Lipinski definition) is 2. The molecule has 1 rings (SSSR count). The molecule has 0 saturated heterocycles. The lowest BCUT2D eigenvalue weighted by Crippen LogP contribution is -2.29. The van der Waals surface area contributed by atoms with Crippen molar-refractivity contribution in [2.45, 2.75) is 19.3 Å². The SMILES string of the molecule is NCc1ccccc1CNC(=O)COCC(F)(F)F. The van der Waals surface area contributed by atoms with E-state index in [1.807, 2.05) is 12.1 Å². The Hall–Kier alpha value is -1.60. The van der Waals surface area contributed by atoms with Crippen LogP contribution in [0.2, 0.25) is 0 Å². The summed E-state index contributed by atoms with van der Waals surface area (Å²) >= 11 is 0. The zero-order chi connectivity index (χ0) is 14.3. The first kappa shape index (κ1) is 15.5. The molecular weight excluding hydrogens is 261 g/mol. The molecule has 0 bridgehead atoms. The van der Waals surface area contributed by atoms with Gasteiger partial charge in [-0.25, -0.2) is 0 Å². The molecule has 1 aromatic rings. The molecular formula is C12H15F3N2O2. The number of amides is 1. The molecule has 0 heterocycles. The van der Waals surface area contributed by atoms with Gasteiger partial charge < -0.3 is 15.8 Å². The maximum absolute atomic E-state index is 11.8. The molecule has 0 radical (unpaired) electrons. The van der Waals surface area contributed by atoms with E-state index in [1.165, 1.54) is 0 Å². The Balaban J connectivity index is 2.34. The number of nitrogens with one attached hydrogen (secondary N) is 1. The van der Waals surface area contributed by atoms with Crippen LogP contribution in [0, 0.1) is 0 Å². The Bertz CT molecular complexity index is 422. The lowest BCUT2D eigenvalue weighted by Gasteiger charge is -2.10. The van der Waals surface area contributed by atoms with Crippen LogP contribution < -0.4 is 11.1 Å². The average Bonchev–Trinajstić information content (AvgIpc) is 2.35. The summed E-state index contributed by atoms with van der Waals surface area (Å²) in [5.41, 5.74) is 7.22. The van der Waals surface area contributed by atoms with Crippen molar-refractivity contribution in [1.82, 2.24) is 5.32 Å². The number of benzene rings is 1. The van der Waals surface area contributed by atoms with Gasteiger partial charge >= 0.3 is 6.18 Å². The van der Waals surface area contributed by atoms with Crippen LogP contribution in [0.4, 0.5) is 13.2 Å². The predicted octanol–water partition coefficient (Wildman–Crippen LogP) is 1.34. The standard InChI is InChI=1S/C12H15F3N2O2/c13-12(14,15)8-19-7-11(18)17-6-10-4-2-1-3-9(10)5-16/h1-4H,5-8,16H2,(H,17,18). The van der Waals surface area contributed by atoms with Crippen LogP contribution in [-0.4, -0.2) is 25.3 Å². The van der Waals surface area contributed by atoms with Gasteiger partial charge in [0.2, 0.25) is 5.91 Å². The lowest BCUT2D eigenvalue weighted by molar-refractivity contribution is -0.175. The van der Waals surface area contributed by atoms with Crippen molar-refractivity contribution in [2.75, 3.05) is 13.2 Å². The summed E-state index contributed by atoms with van der Waals surface area (Å²) < 4.78 is 39.6. The zero-order valence-corrected chi connectivity index (χ0v) is 10.2. The van der Waals surface area contributed by atoms with E-state index in [2.05, 4.69) is 10.1 Å². The molecule has 0 atom stereocenters. The Morgan fingerprint density at radius 3 is 2.47 bits per heavy atom.